The molecule has 3 heterocycles. The number of para-hydroxylation sites is 2. The summed E-state index contributed by atoms with van der Waals surface area (Å²) < 4.78 is 86.8. The van der Waals surface area contributed by atoms with Crippen molar-refractivity contribution in [2.45, 2.75) is 52.6 Å². The zero-order chi connectivity index (χ0) is 47.2. The Labute approximate surface area is 393 Å². The van der Waals surface area contributed by atoms with Crippen LogP contribution in [0.3, 0.4) is 0 Å². The predicted molar refractivity (Wildman–Crippen MR) is 250 cm³/mol. The molecule has 327 valence electrons. The van der Waals surface area contributed by atoms with Crippen LogP contribution in [0.5, 0.6) is 0 Å². The van der Waals surface area contributed by atoms with Crippen LogP contribution in [0.2, 0.25) is 0 Å². The maximum atomic E-state index is 14.6. The van der Waals surface area contributed by atoms with E-state index in [0.29, 0.717) is 50.1 Å². The van der Waals surface area contributed by atoms with Crippen LogP contribution in [0.15, 0.2) is 162 Å². The van der Waals surface area contributed by atoms with E-state index in [1.54, 1.807) is 54.6 Å². The van der Waals surface area contributed by atoms with Crippen molar-refractivity contribution in [3.05, 3.63) is 198 Å². The Balaban J connectivity index is 0.000000293. The number of alkyl halides is 3. The third-order valence-electron chi connectivity index (χ3n) is 11.3. The summed E-state index contributed by atoms with van der Waals surface area (Å²) in [6.45, 7) is 6.64. The first kappa shape index (κ1) is 41.1. The number of hydrogen-bond acceptors (Lipinski definition) is 3. The summed E-state index contributed by atoms with van der Waals surface area (Å²) in [6.07, 6.45) is -3.26. The Hall–Kier alpha value is -6.67. The number of aryl methyl sites for hydroxylation is 1. The van der Waals surface area contributed by atoms with Gasteiger partial charge in [0.1, 0.15) is 5.58 Å². The van der Waals surface area contributed by atoms with E-state index in [0.717, 1.165) is 27.8 Å². The van der Waals surface area contributed by atoms with Crippen LogP contribution < -0.4 is 0 Å². The van der Waals surface area contributed by atoms with Crippen molar-refractivity contribution < 1.29 is 46.2 Å². The van der Waals surface area contributed by atoms with Gasteiger partial charge in [-0.05, 0) is 99.7 Å². The zero-order valence-corrected chi connectivity index (χ0v) is 38.2. The normalized spacial score (nSPS) is 12.5. The number of pyridine rings is 1. The second-order valence-electron chi connectivity index (χ2n) is 16.2. The summed E-state index contributed by atoms with van der Waals surface area (Å²) in [5.74, 6) is 0.589. The van der Waals surface area contributed by atoms with Gasteiger partial charge in [0.2, 0.25) is 0 Å². The van der Waals surface area contributed by atoms with Gasteiger partial charge in [-0.3, -0.25) is 9.37 Å². The monoisotopic (exact) mass is 1050 g/mol. The Morgan fingerprint density at radius 3 is 2.00 bits per heavy atom. The SMILES string of the molecule is CC(C)c1cc(-c2ccccc2)cc(C(C)C)c1-n1c(-c2[c-]ccc3c2oc2cc(-c4ccccc4)c(C(F)(F)F)cc23)nc2ccccc21.[2H]C([2H])([2H])c1ccc(-c2[c-]cc(F)cc2)nc1.[Ir]. The number of halogens is 4. The molecule has 0 unspecified atom stereocenters. The zero-order valence-electron chi connectivity index (χ0n) is 38.8. The number of imidazole rings is 1. The van der Waals surface area contributed by atoms with E-state index in [-0.39, 0.29) is 48.9 Å². The second kappa shape index (κ2) is 18.4. The van der Waals surface area contributed by atoms with E-state index in [9.17, 15) is 17.6 Å². The van der Waals surface area contributed by atoms with Gasteiger partial charge in [0, 0.05) is 47.3 Å². The molecule has 3 aromatic heterocycles. The summed E-state index contributed by atoms with van der Waals surface area (Å²) >= 11 is 0. The average molecular weight is 1050 g/mol. The van der Waals surface area contributed by atoms with Gasteiger partial charge in [0.25, 0.3) is 0 Å². The van der Waals surface area contributed by atoms with Crippen LogP contribution in [-0.4, -0.2) is 14.5 Å². The molecule has 9 heteroatoms. The third kappa shape index (κ3) is 8.91. The van der Waals surface area contributed by atoms with E-state index in [1.165, 1.54) is 47.7 Å². The Bertz CT molecular complexity index is 3360. The first-order chi connectivity index (χ1) is 32.1. The maximum Gasteiger partial charge on any atom is 0.417 e. The molecule has 10 rings (SSSR count). The molecule has 0 amide bonds. The van der Waals surface area contributed by atoms with E-state index < -0.39 is 18.6 Å². The largest absolute Gasteiger partial charge is 0.501 e. The van der Waals surface area contributed by atoms with E-state index in [2.05, 4.69) is 91.8 Å². The molecular weight excluding hydrogens is 999 g/mol. The first-order valence-corrected chi connectivity index (χ1v) is 21.0. The molecule has 0 saturated carbocycles. The van der Waals surface area contributed by atoms with Gasteiger partial charge < -0.3 is 14.0 Å². The summed E-state index contributed by atoms with van der Waals surface area (Å²) in [7, 11) is 0. The van der Waals surface area contributed by atoms with Crippen molar-refractivity contribution in [3.8, 4) is 50.6 Å². The van der Waals surface area contributed by atoms with E-state index in [1.807, 2.05) is 24.3 Å². The molecule has 7 aromatic carbocycles. The standard InChI is InChI=1S/C44H34F3N2O.C12H9FN.Ir/c1-26(2)33-22-30(28-14-7-5-8-15-28)23-34(27(3)4)41(33)49-39-21-12-11-20-38(39)48-43(49)32-19-13-18-31-36-24-37(44(45,46)47)35(25-40(36)50-42(31)32)29-16-9-6-10-17-29;1-9-2-7-12(14-8-9)10-3-5-11(13)6-4-10;/h5-18,20-27H,1-4H3;2-3,5-8H,1H3;/q2*-1;/i;1D3;. The maximum absolute atomic E-state index is 14.6. The van der Waals surface area contributed by atoms with Crippen molar-refractivity contribution in [3.63, 3.8) is 0 Å². The van der Waals surface area contributed by atoms with Crippen LogP contribution in [0.4, 0.5) is 17.6 Å². The van der Waals surface area contributed by atoms with Gasteiger partial charge in [-0.1, -0.05) is 124 Å². The topological polar surface area (TPSA) is 43.9 Å². The molecule has 0 aliphatic heterocycles. The van der Waals surface area contributed by atoms with Crippen molar-refractivity contribution >= 4 is 33.0 Å². The van der Waals surface area contributed by atoms with Gasteiger partial charge in [-0.25, -0.2) is 0 Å². The molecule has 0 bridgehead atoms. The molecule has 0 N–H and O–H groups in total. The number of fused-ring (bicyclic) bond motifs is 4. The minimum absolute atomic E-state index is 0. The third-order valence-corrected chi connectivity index (χ3v) is 11.3. The van der Waals surface area contributed by atoms with Crippen molar-refractivity contribution in [2.24, 2.45) is 0 Å². The molecule has 1 radical (unpaired) electrons. The molecule has 0 spiro atoms. The second-order valence-corrected chi connectivity index (χ2v) is 16.2. The number of hydrogen-bond donors (Lipinski definition) is 0. The van der Waals surface area contributed by atoms with Gasteiger partial charge in [-0.15, -0.1) is 48.0 Å². The number of nitrogens with zero attached hydrogens (tertiary/aromatic N) is 3. The van der Waals surface area contributed by atoms with Crippen molar-refractivity contribution in [1.82, 2.24) is 14.5 Å². The van der Waals surface area contributed by atoms with E-state index >= 15 is 0 Å². The molecule has 65 heavy (non-hydrogen) atoms. The van der Waals surface area contributed by atoms with Crippen LogP contribution in [-0.2, 0) is 26.3 Å². The van der Waals surface area contributed by atoms with Crippen LogP contribution >= 0.6 is 0 Å². The van der Waals surface area contributed by atoms with Gasteiger partial charge in [-0.2, -0.15) is 13.2 Å². The fourth-order valence-electron chi connectivity index (χ4n) is 8.20. The van der Waals surface area contributed by atoms with Crippen LogP contribution in [0.25, 0.3) is 83.6 Å². The Morgan fingerprint density at radius 2 is 1.38 bits per heavy atom. The molecule has 0 aliphatic rings. The quantitative estimate of drug-likeness (QED) is 0.118. The molecule has 0 saturated heterocycles. The number of rotatable bonds is 7. The average Bonchev–Trinajstić information content (AvgIpc) is 3.89. The molecule has 0 atom stereocenters. The predicted octanol–water partition coefficient (Wildman–Crippen LogP) is 16.0. The van der Waals surface area contributed by atoms with E-state index in [4.69, 9.17) is 13.5 Å². The fourth-order valence-corrected chi connectivity index (χ4v) is 8.20. The van der Waals surface area contributed by atoms with Gasteiger partial charge >= 0.3 is 6.18 Å². The molecule has 10 aromatic rings. The summed E-state index contributed by atoms with van der Waals surface area (Å²) in [6, 6.07) is 51.1. The van der Waals surface area contributed by atoms with Crippen LogP contribution in [0, 0.1) is 24.8 Å². The molecular formula is C56H43F4IrN3O-2. The van der Waals surface area contributed by atoms with Gasteiger partial charge in [0.15, 0.2) is 0 Å². The minimum atomic E-state index is -4.56. The van der Waals surface area contributed by atoms with Gasteiger partial charge in [0.05, 0.1) is 28.0 Å². The van der Waals surface area contributed by atoms with Crippen molar-refractivity contribution in [1.29, 1.82) is 0 Å². The summed E-state index contributed by atoms with van der Waals surface area (Å²) in [4.78, 5) is 9.21. The Morgan fingerprint density at radius 1 is 0.708 bits per heavy atom. The van der Waals surface area contributed by atoms with Crippen LogP contribution in [0.1, 0.15) is 65.9 Å². The Kier molecular flexibility index (Phi) is 11.6. The smallest absolute Gasteiger partial charge is 0.417 e. The first-order valence-electron chi connectivity index (χ1n) is 22.5. The molecule has 0 fully saturated rings. The summed E-state index contributed by atoms with van der Waals surface area (Å²) in [5.41, 5.74) is 10.00. The van der Waals surface area contributed by atoms with Crippen molar-refractivity contribution in [2.75, 3.05) is 0 Å². The minimum Gasteiger partial charge on any atom is -0.501 e. The fraction of sp³-hybridized carbons (Fsp3) is 0.143. The molecule has 0 aliphatic carbocycles. The number of furan rings is 1. The number of benzene rings is 7. The summed E-state index contributed by atoms with van der Waals surface area (Å²) in [5, 5.41) is 0.966. The molecule has 4 nitrogen and oxygen atoms in total. The number of aromatic nitrogens is 3.